The molecule has 7 nitrogen and oxygen atoms in total. The Hall–Kier alpha value is -3.23. The zero-order valence-corrected chi connectivity index (χ0v) is 17.5. The first-order valence-corrected chi connectivity index (χ1v) is 10.2. The number of aromatic nitrogens is 1. The van der Waals surface area contributed by atoms with Crippen LogP contribution in [0.4, 0.5) is 5.13 Å². The Morgan fingerprint density at radius 2 is 2.10 bits per heavy atom. The van der Waals surface area contributed by atoms with Crippen LogP contribution in [0.5, 0.6) is 0 Å². The number of hydrogen-bond donors (Lipinski definition) is 2. The summed E-state index contributed by atoms with van der Waals surface area (Å²) in [7, 11) is 0. The van der Waals surface area contributed by atoms with Crippen molar-refractivity contribution >= 4 is 46.2 Å². The molecule has 0 bridgehead atoms. The molecule has 0 aliphatic rings. The summed E-state index contributed by atoms with van der Waals surface area (Å²) in [5, 5.41) is 15.9. The fraction of sp³-hybridized carbons (Fsp3) is 0.143. The number of hydrogen-bond acceptors (Lipinski definition) is 7. The van der Waals surface area contributed by atoms with Crippen molar-refractivity contribution in [2.75, 3.05) is 12.0 Å². The summed E-state index contributed by atoms with van der Waals surface area (Å²) in [4.78, 5) is 27.0. The van der Waals surface area contributed by atoms with E-state index in [1.165, 1.54) is 17.4 Å². The normalized spacial score (nSPS) is 10.9. The van der Waals surface area contributed by atoms with Gasteiger partial charge in [0.1, 0.15) is 0 Å². The van der Waals surface area contributed by atoms with Gasteiger partial charge in [-0.05, 0) is 30.2 Å². The fourth-order valence-electron chi connectivity index (χ4n) is 2.69. The molecule has 3 rings (SSSR count). The lowest BCUT2D eigenvalue weighted by Crippen LogP contribution is -2.07. The summed E-state index contributed by atoms with van der Waals surface area (Å²) in [5.74, 6) is -1.39. The molecule has 0 unspecified atom stereocenters. The van der Waals surface area contributed by atoms with Crippen LogP contribution in [0, 0.1) is 0 Å². The molecule has 9 heteroatoms. The van der Waals surface area contributed by atoms with Crippen LogP contribution in [-0.4, -0.2) is 34.9 Å². The third-order valence-electron chi connectivity index (χ3n) is 4.02. The number of rotatable bonds is 8. The molecule has 0 saturated carbocycles. The molecule has 2 N–H and O–H groups in total. The number of thiazole rings is 1. The van der Waals surface area contributed by atoms with E-state index in [0.717, 1.165) is 16.7 Å². The molecule has 0 spiro atoms. The summed E-state index contributed by atoms with van der Waals surface area (Å²) in [6.45, 7) is 2.09. The molecule has 0 atom stereocenters. The topological polar surface area (TPSA) is 101 Å². The third kappa shape index (κ3) is 5.43. The van der Waals surface area contributed by atoms with Crippen molar-refractivity contribution < 1.29 is 19.4 Å². The van der Waals surface area contributed by atoms with Crippen molar-refractivity contribution in [2.24, 2.45) is 5.10 Å². The Labute approximate surface area is 182 Å². The van der Waals surface area contributed by atoms with Gasteiger partial charge in [-0.3, -0.25) is 10.2 Å². The van der Waals surface area contributed by atoms with Gasteiger partial charge in [0.15, 0.2) is 0 Å². The predicted octanol–water partition coefficient (Wildman–Crippen LogP) is 4.71. The van der Waals surface area contributed by atoms with Crippen LogP contribution in [0.2, 0.25) is 5.02 Å². The van der Waals surface area contributed by atoms with Gasteiger partial charge in [0.25, 0.3) is 0 Å². The molecule has 154 valence electrons. The quantitative estimate of drug-likeness (QED) is 0.297. The van der Waals surface area contributed by atoms with Gasteiger partial charge in [0.2, 0.25) is 5.13 Å². The van der Waals surface area contributed by atoms with E-state index < -0.39 is 5.97 Å². The van der Waals surface area contributed by atoms with Crippen LogP contribution in [0.25, 0.3) is 11.1 Å². The molecule has 0 amide bonds. The van der Waals surface area contributed by atoms with Crippen LogP contribution in [-0.2, 0) is 16.0 Å². The van der Waals surface area contributed by atoms with Crippen LogP contribution < -0.4 is 5.43 Å². The number of carbonyl (C=O) groups excluding carboxylic acids is 1. The highest BCUT2D eigenvalue weighted by Crippen LogP contribution is 2.28. The van der Waals surface area contributed by atoms with E-state index in [1.54, 1.807) is 30.7 Å². The fourth-order valence-corrected chi connectivity index (χ4v) is 3.61. The van der Waals surface area contributed by atoms with E-state index in [-0.39, 0.29) is 23.0 Å². The van der Waals surface area contributed by atoms with Crippen LogP contribution in [0.15, 0.2) is 52.9 Å². The van der Waals surface area contributed by atoms with Crippen LogP contribution in [0.1, 0.15) is 28.5 Å². The van der Waals surface area contributed by atoms with Gasteiger partial charge in [-0.15, -0.1) is 11.3 Å². The van der Waals surface area contributed by atoms with Crippen molar-refractivity contribution in [1.29, 1.82) is 0 Å². The number of nitrogens with one attached hydrogen (secondary N) is 1. The minimum Gasteiger partial charge on any atom is -0.478 e. The number of benzene rings is 2. The molecular formula is C21H18ClN3O4S. The molecule has 0 saturated heterocycles. The van der Waals surface area contributed by atoms with Crippen molar-refractivity contribution in [1.82, 2.24) is 4.98 Å². The highest BCUT2D eigenvalue weighted by molar-refractivity contribution is 7.13. The minimum atomic E-state index is -1.07. The Balaban J connectivity index is 1.73. The molecule has 2 aromatic carbocycles. The van der Waals surface area contributed by atoms with E-state index in [0.29, 0.717) is 17.4 Å². The second kappa shape index (κ2) is 10.00. The lowest BCUT2D eigenvalue weighted by molar-refractivity contribution is -0.142. The number of nitrogens with zero attached hydrogens (tertiary/aromatic N) is 2. The first-order chi connectivity index (χ1) is 14.5. The van der Waals surface area contributed by atoms with Gasteiger partial charge in [0.05, 0.1) is 35.5 Å². The SMILES string of the molecule is CCOC(=O)Cc1csc(NN=Cc2ccccc2-c2ccc(C(=O)O)c(Cl)c2)n1. The largest absolute Gasteiger partial charge is 0.478 e. The molecule has 30 heavy (non-hydrogen) atoms. The molecule has 0 aliphatic heterocycles. The van der Waals surface area contributed by atoms with Gasteiger partial charge in [-0.1, -0.05) is 41.9 Å². The second-order valence-corrected chi connectivity index (χ2v) is 7.35. The zero-order valence-electron chi connectivity index (χ0n) is 16.0. The smallest absolute Gasteiger partial charge is 0.337 e. The molecular weight excluding hydrogens is 426 g/mol. The maximum atomic E-state index is 11.5. The summed E-state index contributed by atoms with van der Waals surface area (Å²) in [5.41, 5.74) is 5.96. The average Bonchev–Trinajstić information content (AvgIpc) is 3.15. The Morgan fingerprint density at radius 3 is 2.83 bits per heavy atom. The predicted molar refractivity (Wildman–Crippen MR) is 118 cm³/mol. The van der Waals surface area contributed by atoms with Gasteiger partial charge < -0.3 is 9.84 Å². The Kier molecular flexibility index (Phi) is 7.16. The number of aromatic carboxylic acids is 1. The average molecular weight is 444 g/mol. The van der Waals surface area contributed by atoms with E-state index in [4.69, 9.17) is 21.4 Å². The van der Waals surface area contributed by atoms with Gasteiger partial charge in [-0.2, -0.15) is 5.10 Å². The second-order valence-electron chi connectivity index (χ2n) is 6.08. The Bertz CT molecular complexity index is 1100. The number of esters is 1. The van der Waals surface area contributed by atoms with Crippen molar-refractivity contribution in [3.8, 4) is 11.1 Å². The molecule has 3 aromatic rings. The van der Waals surface area contributed by atoms with E-state index in [2.05, 4.69) is 15.5 Å². The molecule has 1 aromatic heterocycles. The number of hydrazone groups is 1. The van der Waals surface area contributed by atoms with Gasteiger partial charge >= 0.3 is 11.9 Å². The standard InChI is InChI=1S/C21H18ClN3O4S/c1-2-29-19(26)10-15-12-30-21(24-15)25-23-11-14-5-3-4-6-16(14)13-7-8-17(20(27)28)18(22)9-13/h3-9,11-12H,2,10H2,1H3,(H,24,25)(H,27,28). The van der Waals surface area contributed by atoms with Crippen LogP contribution in [0.3, 0.4) is 0 Å². The third-order valence-corrected chi connectivity index (χ3v) is 5.13. The monoisotopic (exact) mass is 443 g/mol. The van der Waals surface area contributed by atoms with Crippen molar-refractivity contribution in [2.45, 2.75) is 13.3 Å². The van der Waals surface area contributed by atoms with Crippen molar-refractivity contribution in [3.63, 3.8) is 0 Å². The molecule has 1 heterocycles. The highest BCUT2D eigenvalue weighted by Gasteiger charge is 2.11. The first kappa shape index (κ1) is 21.5. The number of anilines is 1. The number of carboxylic acid groups (broad SMARTS) is 1. The van der Waals surface area contributed by atoms with Gasteiger partial charge in [-0.25, -0.2) is 9.78 Å². The van der Waals surface area contributed by atoms with E-state index in [1.807, 2.05) is 24.3 Å². The number of carboxylic acids is 1. The Morgan fingerprint density at radius 1 is 1.30 bits per heavy atom. The van der Waals surface area contributed by atoms with Gasteiger partial charge in [0, 0.05) is 10.9 Å². The summed E-state index contributed by atoms with van der Waals surface area (Å²) in [6.07, 6.45) is 1.76. The molecule has 0 aliphatic carbocycles. The minimum absolute atomic E-state index is 0.0515. The molecule has 0 radical (unpaired) electrons. The lowest BCUT2D eigenvalue weighted by atomic mass is 9.99. The van der Waals surface area contributed by atoms with E-state index in [9.17, 15) is 9.59 Å². The number of carbonyl (C=O) groups is 2. The number of ether oxygens (including phenoxy) is 1. The summed E-state index contributed by atoms with van der Waals surface area (Å²) < 4.78 is 4.91. The maximum absolute atomic E-state index is 11.5. The van der Waals surface area contributed by atoms with Crippen LogP contribution >= 0.6 is 22.9 Å². The summed E-state index contributed by atoms with van der Waals surface area (Å²) >= 11 is 7.44. The molecule has 0 fully saturated rings. The van der Waals surface area contributed by atoms with Crippen molar-refractivity contribution in [3.05, 3.63) is 69.7 Å². The first-order valence-electron chi connectivity index (χ1n) is 8.99. The highest BCUT2D eigenvalue weighted by atomic mass is 35.5. The van der Waals surface area contributed by atoms with E-state index >= 15 is 0 Å². The summed E-state index contributed by atoms with van der Waals surface area (Å²) in [6, 6.07) is 12.3. The number of halogens is 1. The zero-order chi connectivity index (χ0) is 21.5. The maximum Gasteiger partial charge on any atom is 0.337 e. The lowest BCUT2D eigenvalue weighted by Gasteiger charge is -2.08.